The van der Waals surface area contributed by atoms with Gasteiger partial charge in [0.2, 0.25) is 5.88 Å². The number of nitro benzene ring substituents is 1. The molecular weight excluding hydrogens is 941 g/mol. The van der Waals surface area contributed by atoms with Gasteiger partial charge in [-0.2, -0.15) is 40.7 Å². The lowest BCUT2D eigenvalue weighted by Gasteiger charge is -2.12. The van der Waals surface area contributed by atoms with Crippen LogP contribution in [-0.2, 0) is 30.4 Å². The number of azo groups is 3. The molecule has 0 atom stereocenters. The van der Waals surface area contributed by atoms with Gasteiger partial charge in [-0.3, -0.25) is 28.2 Å². The molecule has 352 valence electrons. The predicted octanol–water partition coefficient (Wildman–Crippen LogP) is 9.23. The fraction of sp³-hybridized carbons (Fsp3) is 0.250. The standard InChI is InChI=1S/C40H40N10O14S3/c1-6-10-34-28(7-2)42-39-27(22-41)25(5)38(40(51)49(34)39)48-47-33-18-24(4)31(21-36(33)64-14-9-16-66(57,58)59)45-46-32-17-23(3)30(20-35(32)63-13-8-15-65(54,55)56)44-43-29-12-11-26(50(52)53)19-37(29)67(60,61)62/h6-7,10-12,17-21,51H,2,8-9,13-16H2,1,3-5H3,(H,54,55,56)(H,57,58,59)(H,60,61,62)/b10-6-,44-43?,46-45?,48-47?. The van der Waals surface area contributed by atoms with E-state index >= 15 is 0 Å². The van der Waals surface area contributed by atoms with E-state index in [1.807, 2.05) is 0 Å². The minimum atomic E-state index is -5.00. The maximum Gasteiger partial charge on any atom is 0.297 e. The number of fused-ring (bicyclic) bond motifs is 1. The van der Waals surface area contributed by atoms with Crippen LogP contribution in [0.3, 0.4) is 0 Å². The number of aromatic nitrogens is 2. The van der Waals surface area contributed by atoms with E-state index in [0.29, 0.717) is 28.6 Å². The number of nitro groups is 1. The van der Waals surface area contributed by atoms with Crippen molar-refractivity contribution in [2.45, 2.75) is 45.4 Å². The molecule has 5 rings (SSSR count). The fourth-order valence-electron chi connectivity index (χ4n) is 6.11. The summed E-state index contributed by atoms with van der Waals surface area (Å²) in [6.45, 7) is 9.74. The van der Waals surface area contributed by atoms with E-state index in [2.05, 4.69) is 48.3 Å². The number of hydrogen-bond acceptors (Lipinski definition) is 19. The third-order valence-electron chi connectivity index (χ3n) is 9.33. The zero-order valence-electron chi connectivity index (χ0n) is 35.8. The summed E-state index contributed by atoms with van der Waals surface area (Å²) in [6.07, 6.45) is 4.52. The van der Waals surface area contributed by atoms with Crippen LogP contribution in [0.2, 0.25) is 0 Å². The molecule has 27 heteroatoms. The van der Waals surface area contributed by atoms with Crippen LogP contribution in [0.15, 0.2) is 90.7 Å². The highest BCUT2D eigenvalue weighted by molar-refractivity contribution is 7.86. The predicted molar refractivity (Wildman–Crippen MR) is 242 cm³/mol. The summed E-state index contributed by atoms with van der Waals surface area (Å²) in [5.41, 5.74) is 1.23. The highest BCUT2D eigenvalue weighted by Crippen LogP contribution is 2.42. The number of aromatic hydroxyl groups is 1. The van der Waals surface area contributed by atoms with Gasteiger partial charge >= 0.3 is 0 Å². The quantitative estimate of drug-likeness (QED) is 0.0185. The summed E-state index contributed by atoms with van der Waals surface area (Å²) in [7, 11) is -13.7. The summed E-state index contributed by atoms with van der Waals surface area (Å²) in [6, 6.07) is 10.2. The topological polar surface area (TPSA) is 360 Å². The Morgan fingerprint density at radius 3 is 1.78 bits per heavy atom. The van der Waals surface area contributed by atoms with Crippen LogP contribution < -0.4 is 9.47 Å². The van der Waals surface area contributed by atoms with Gasteiger partial charge in [-0.25, -0.2) is 4.98 Å². The van der Waals surface area contributed by atoms with Crippen molar-refractivity contribution in [2.24, 2.45) is 30.7 Å². The number of allylic oxidation sites excluding steroid dienone is 1. The Labute approximate surface area is 382 Å². The van der Waals surface area contributed by atoms with Crippen LogP contribution in [0.25, 0.3) is 17.8 Å². The largest absolute Gasteiger partial charge is 0.493 e. The summed E-state index contributed by atoms with van der Waals surface area (Å²) < 4.78 is 111. The Morgan fingerprint density at radius 1 is 0.806 bits per heavy atom. The molecule has 0 unspecified atom stereocenters. The molecule has 5 aromatic rings. The van der Waals surface area contributed by atoms with Crippen molar-refractivity contribution in [3.63, 3.8) is 0 Å². The van der Waals surface area contributed by atoms with Crippen LogP contribution in [0.4, 0.5) is 39.8 Å². The van der Waals surface area contributed by atoms with Crippen molar-refractivity contribution < 1.29 is 58.4 Å². The Bertz CT molecular complexity index is 3310. The zero-order valence-corrected chi connectivity index (χ0v) is 38.2. The van der Waals surface area contributed by atoms with Gasteiger partial charge < -0.3 is 14.6 Å². The van der Waals surface area contributed by atoms with Gasteiger partial charge in [0.25, 0.3) is 36.0 Å². The molecule has 0 spiro atoms. The van der Waals surface area contributed by atoms with Gasteiger partial charge in [-0.05, 0) is 82.0 Å². The average molecular weight is 981 g/mol. The van der Waals surface area contributed by atoms with Gasteiger partial charge in [0.15, 0.2) is 11.3 Å². The first-order valence-electron chi connectivity index (χ1n) is 19.4. The van der Waals surface area contributed by atoms with Crippen molar-refractivity contribution in [1.29, 1.82) is 5.26 Å². The lowest BCUT2D eigenvalue weighted by Crippen LogP contribution is -2.08. The number of ether oxygens (including phenoxy) is 2. The second-order valence-corrected chi connectivity index (χ2v) is 18.7. The molecule has 67 heavy (non-hydrogen) atoms. The van der Waals surface area contributed by atoms with Crippen molar-refractivity contribution in [3.05, 3.63) is 98.9 Å². The van der Waals surface area contributed by atoms with Crippen LogP contribution in [0.5, 0.6) is 17.4 Å². The number of nitriles is 1. The SMILES string of the molecule is C=Cc1nc2c(C#N)c(C)c(N=Nc3cc(C)c(N=Nc4cc(C)c(N=Nc5ccc([N+](=O)[O-])cc5S(=O)(=O)O)cc4OCCCS(=O)(=O)O)cc3OCCCS(=O)(=O)O)c(O)n2c1/C=C\C. The van der Waals surface area contributed by atoms with Gasteiger partial charge in [0.05, 0.1) is 52.4 Å². The first-order chi connectivity index (χ1) is 31.5. The summed E-state index contributed by atoms with van der Waals surface area (Å²) in [5, 5.41) is 58.1. The van der Waals surface area contributed by atoms with Crippen molar-refractivity contribution in [1.82, 2.24) is 9.38 Å². The Morgan fingerprint density at radius 2 is 1.31 bits per heavy atom. The van der Waals surface area contributed by atoms with E-state index in [1.54, 1.807) is 39.8 Å². The molecule has 0 aliphatic heterocycles. The number of imidazole rings is 1. The van der Waals surface area contributed by atoms with Gasteiger partial charge in [-0.1, -0.05) is 12.7 Å². The normalized spacial score (nSPS) is 12.5. The smallest absolute Gasteiger partial charge is 0.297 e. The Hall–Kier alpha value is -7.35. The number of aryl methyl sites for hydroxylation is 2. The number of hydrogen-bond donors (Lipinski definition) is 4. The molecule has 0 bridgehead atoms. The first-order valence-corrected chi connectivity index (χ1v) is 24.0. The van der Waals surface area contributed by atoms with Crippen molar-refractivity contribution in [3.8, 4) is 23.4 Å². The molecule has 3 aromatic carbocycles. The Kier molecular flexibility index (Phi) is 15.8. The van der Waals surface area contributed by atoms with Crippen LogP contribution in [0.1, 0.15) is 53.4 Å². The lowest BCUT2D eigenvalue weighted by atomic mass is 10.1. The van der Waals surface area contributed by atoms with E-state index in [4.69, 9.17) is 9.47 Å². The van der Waals surface area contributed by atoms with Crippen LogP contribution in [0, 0.1) is 42.2 Å². The molecule has 0 amide bonds. The second kappa shape index (κ2) is 20.9. The van der Waals surface area contributed by atoms with Crippen molar-refractivity contribution >= 4 is 88.0 Å². The average Bonchev–Trinajstić information content (AvgIpc) is 3.61. The van der Waals surface area contributed by atoms with E-state index in [1.165, 1.54) is 34.7 Å². The molecule has 2 aromatic heterocycles. The molecule has 0 radical (unpaired) electrons. The fourth-order valence-corrected chi connectivity index (χ4v) is 7.72. The van der Waals surface area contributed by atoms with E-state index in [0.717, 1.165) is 12.1 Å². The summed E-state index contributed by atoms with van der Waals surface area (Å²) in [4.78, 5) is 13.9. The highest BCUT2D eigenvalue weighted by atomic mass is 32.2. The number of pyridine rings is 1. The van der Waals surface area contributed by atoms with Gasteiger partial charge in [-0.15, -0.1) is 20.5 Å². The van der Waals surface area contributed by atoms with Gasteiger partial charge in [0, 0.05) is 29.8 Å². The highest BCUT2D eigenvalue weighted by Gasteiger charge is 2.24. The molecule has 0 fully saturated rings. The minimum Gasteiger partial charge on any atom is -0.493 e. The second-order valence-electron chi connectivity index (χ2n) is 14.2. The minimum absolute atomic E-state index is 0.00678. The van der Waals surface area contributed by atoms with E-state index in [9.17, 15) is 59.4 Å². The van der Waals surface area contributed by atoms with Crippen LogP contribution >= 0.6 is 0 Å². The number of nitrogens with zero attached hydrogens (tertiary/aromatic N) is 10. The number of benzene rings is 3. The van der Waals surface area contributed by atoms with Crippen molar-refractivity contribution in [2.75, 3.05) is 24.7 Å². The molecular formula is C40H40N10O14S3. The molecule has 0 saturated heterocycles. The third-order valence-corrected chi connectivity index (χ3v) is 11.8. The molecule has 0 aliphatic carbocycles. The molecule has 4 N–H and O–H groups in total. The summed E-state index contributed by atoms with van der Waals surface area (Å²) >= 11 is 0. The molecule has 0 aliphatic rings. The monoisotopic (exact) mass is 980 g/mol. The van der Waals surface area contributed by atoms with E-state index < -0.39 is 68.9 Å². The van der Waals surface area contributed by atoms with Crippen LogP contribution in [-0.4, -0.2) is 83.0 Å². The lowest BCUT2D eigenvalue weighted by molar-refractivity contribution is -0.385. The Balaban J connectivity index is 1.59. The number of non-ortho nitro benzene ring substituents is 1. The zero-order chi connectivity index (χ0) is 49.4. The third kappa shape index (κ3) is 12.7. The molecule has 0 saturated carbocycles. The first kappa shape index (κ1) is 50.6. The van der Waals surface area contributed by atoms with E-state index in [-0.39, 0.29) is 82.8 Å². The molecule has 24 nitrogen and oxygen atoms in total. The van der Waals surface area contributed by atoms with Gasteiger partial charge in [0.1, 0.15) is 45.1 Å². The number of rotatable bonds is 20. The molecule has 2 heterocycles. The maximum absolute atomic E-state index is 12.0. The summed E-state index contributed by atoms with van der Waals surface area (Å²) in [5.74, 6) is -1.74. The maximum atomic E-state index is 12.0.